The highest BCUT2D eigenvalue weighted by Gasteiger charge is 2.17. The molecule has 1 heterocycles. The number of ether oxygens (including phenoxy) is 1. The van der Waals surface area contributed by atoms with E-state index in [1.54, 1.807) is 0 Å². The van der Waals surface area contributed by atoms with Crippen LogP contribution in [0.4, 0.5) is 0 Å². The zero-order valence-electron chi connectivity index (χ0n) is 8.48. The van der Waals surface area contributed by atoms with E-state index in [1.165, 1.54) is 0 Å². The lowest BCUT2D eigenvalue weighted by Crippen LogP contribution is -2.01. The Labute approximate surface area is 88.7 Å². The molecule has 1 fully saturated rings. The Balaban J connectivity index is 2.06. The molecule has 1 aromatic carbocycles. The van der Waals surface area contributed by atoms with E-state index in [-0.39, 0.29) is 12.5 Å². The van der Waals surface area contributed by atoms with Gasteiger partial charge in [0.15, 0.2) is 0 Å². The van der Waals surface area contributed by atoms with Crippen LogP contribution in [0.1, 0.15) is 30.1 Å². The van der Waals surface area contributed by atoms with Crippen LogP contribution in [0.5, 0.6) is 0 Å². The fourth-order valence-electron chi connectivity index (χ4n) is 1.87. The summed E-state index contributed by atoms with van der Waals surface area (Å²) in [5.41, 5.74) is 1.99. The molecular formula is C12H14O3. The van der Waals surface area contributed by atoms with Crippen LogP contribution in [0.25, 0.3) is 0 Å². The number of carbonyl (C=O) groups is 1. The molecule has 0 saturated carbocycles. The third-order valence-corrected chi connectivity index (χ3v) is 2.64. The molecule has 1 atom stereocenters. The van der Waals surface area contributed by atoms with Crippen molar-refractivity contribution in [3.05, 3.63) is 35.4 Å². The molecule has 1 aliphatic heterocycles. The van der Waals surface area contributed by atoms with Crippen molar-refractivity contribution >= 4 is 5.97 Å². The number of rotatable bonds is 3. The van der Waals surface area contributed by atoms with Gasteiger partial charge in [0, 0.05) is 6.61 Å². The first-order chi connectivity index (χ1) is 7.25. The largest absolute Gasteiger partial charge is 0.481 e. The van der Waals surface area contributed by atoms with Gasteiger partial charge in [-0.15, -0.1) is 0 Å². The molecule has 0 aliphatic carbocycles. The number of hydrogen-bond donors (Lipinski definition) is 1. The lowest BCUT2D eigenvalue weighted by Gasteiger charge is -2.09. The Bertz CT molecular complexity index is 336. The van der Waals surface area contributed by atoms with E-state index in [0.29, 0.717) is 0 Å². The lowest BCUT2D eigenvalue weighted by atomic mass is 10.0. The van der Waals surface area contributed by atoms with Crippen molar-refractivity contribution in [2.24, 2.45) is 0 Å². The molecule has 1 saturated heterocycles. The molecule has 80 valence electrons. The summed E-state index contributed by atoms with van der Waals surface area (Å²) >= 11 is 0. The molecule has 0 bridgehead atoms. The fourth-order valence-corrected chi connectivity index (χ4v) is 1.87. The van der Waals surface area contributed by atoms with Gasteiger partial charge < -0.3 is 9.84 Å². The maximum atomic E-state index is 10.5. The Hall–Kier alpha value is -1.35. The highest BCUT2D eigenvalue weighted by atomic mass is 16.5. The second-order valence-electron chi connectivity index (χ2n) is 3.81. The summed E-state index contributed by atoms with van der Waals surface area (Å²) in [5, 5.41) is 8.62. The molecule has 1 aliphatic rings. The first-order valence-electron chi connectivity index (χ1n) is 5.18. The Morgan fingerprint density at radius 1 is 1.40 bits per heavy atom. The van der Waals surface area contributed by atoms with Crippen LogP contribution in [-0.4, -0.2) is 17.7 Å². The molecule has 1 N–H and O–H groups in total. The molecule has 3 nitrogen and oxygen atoms in total. The van der Waals surface area contributed by atoms with Crippen LogP contribution in [0.2, 0.25) is 0 Å². The van der Waals surface area contributed by atoms with Crippen molar-refractivity contribution in [1.29, 1.82) is 0 Å². The van der Waals surface area contributed by atoms with Gasteiger partial charge >= 0.3 is 5.97 Å². The van der Waals surface area contributed by atoms with Crippen LogP contribution < -0.4 is 0 Å². The van der Waals surface area contributed by atoms with Gasteiger partial charge in [0.05, 0.1) is 12.5 Å². The van der Waals surface area contributed by atoms with Crippen LogP contribution in [-0.2, 0) is 16.0 Å². The summed E-state index contributed by atoms with van der Waals surface area (Å²) in [7, 11) is 0. The van der Waals surface area contributed by atoms with E-state index in [4.69, 9.17) is 9.84 Å². The van der Waals surface area contributed by atoms with E-state index >= 15 is 0 Å². The quantitative estimate of drug-likeness (QED) is 0.824. The van der Waals surface area contributed by atoms with Gasteiger partial charge in [-0.1, -0.05) is 24.3 Å². The molecule has 1 aromatic rings. The van der Waals surface area contributed by atoms with E-state index in [1.807, 2.05) is 24.3 Å². The highest BCUT2D eigenvalue weighted by molar-refractivity contribution is 5.70. The Kier molecular flexibility index (Phi) is 3.02. The van der Waals surface area contributed by atoms with Crippen molar-refractivity contribution in [3.8, 4) is 0 Å². The third kappa shape index (κ3) is 2.57. The normalized spacial score (nSPS) is 20.4. The zero-order valence-corrected chi connectivity index (χ0v) is 8.48. The zero-order chi connectivity index (χ0) is 10.7. The van der Waals surface area contributed by atoms with Gasteiger partial charge in [-0.2, -0.15) is 0 Å². The predicted molar refractivity (Wildman–Crippen MR) is 55.7 cm³/mol. The number of benzene rings is 1. The summed E-state index contributed by atoms with van der Waals surface area (Å²) in [4.78, 5) is 10.5. The molecule has 0 aromatic heterocycles. The van der Waals surface area contributed by atoms with Gasteiger partial charge in [0.1, 0.15) is 0 Å². The topological polar surface area (TPSA) is 46.5 Å². The summed E-state index contributed by atoms with van der Waals surface area (Å²) in [5.74, 6) is -0.792. The molecular weight excluding hydrogens is 192 g/mol. The minimum absolute atomic E-state index is 0.0891. The molecule has 0 amide bonds. The lowest BCUT2D eigenvalue weighted by molar-refractivity contribution is -0.136. The SMILES string of the molecule is O=C(O)Cc1ccc(C2CCCO2)cc1. The summed E-state index contributed by atoms with van der Waals surface area (Å²) < 4.78 is 5.54. The van der Waals surface area contributed by atoms with Crippen LogP contribution >= 0.6 is 0 Å². The number of carboxylic acids is 1. The van der Waals surface area contributed by atoms with E-state index < -0.39 is 5.97 Å². The highest BCUT2D eigenvalue weighted by Crippen LogP contribution is 2.28. The number of aliphatic carboxylic acids is 1. The molecule has 2 rings (SSSR count). The number of hydrogen-bond acceptors (Lipinski definition) is 2. The first kappa shape index (κ1) is 10.2. The summed E-state index contributed by atoms with van der Waals surface area (Å²) in [6.07, 6.45) is 2.48. The molecule has 1 unspecified atom stereocenters. The predicted octanol–water partition coefficient (Wildman–Crippen LogP) is 2.17. The van der Waals surface area contributed by atoms with Crippen molar-refractivity contribution in [3.63, 3.8) is 0 Å². The Morgan fingerprint density at radius 3 is 2.67 bits per heavy atom. The monoisotopic (exact) mass is 206 g/mol. The van der Waals surface area contributed by atoms with E-state index in [0.717, 1.165) is 30.6 Å². The van der Waals surface area contributed by atoms with Crippen molar-refractivity contribution in [2.75, 3.05) is 6.61 Å². The standard InChI is InChI=1S/C12H14O3/c13-12(14)8-9-3-5-10(6-4-9)11-2-1-7-15-11/h3-6,11H,1-2,7-8H2,(H,13,14). The summed E-state index contributed by atoms with van der Waals surface area (Å²) in [6, 6.07) is 7.67. The fraction of sp³-hybridized carbons (Fsp3) is 0.417. The minimum atomic E-state index is -0.792. The minimum Gasteiger partial charge on any atom is -0.481 e. The van der Waals surface area contributed by atoms with Crippen molar-refractivity contribution in [1.82, 2.24) is 0 Å². The van der Waals surface area contributed by atoms with Crippen LogP contribution in [0.3, 0.4) is 0 Å². The first-order valence-corrected chi connectivity index (χ1v) is 5.18. The molecule has 0 radical (unpaired) electrons. The second kappa shape index (κ2) is 4.45. The average molecular weight is 206 g/mol. The van der Waals surface area contributed by atoms with Crippen LogP contribution in [0.15, 0.2) is 24.3 Å². The molecule has 0 spiro atoms. The van der Waals surface area contributed by atoms with Gasteiger partial charge in [-0.05, 0) is 24.0 Å². The van der Waals surface area contributed by atoms with Crippen molar-refractivity contribution < 1.29 is 14.6 Å². The second-order valence-corrected chi connectivity index (χ2v) is 3.81. The number of carboxylic acid groups (broad SMARTS) is 1. The van der Waals surface area contributed by atoms with Crippen molar-refractivity contribution in [2.45, 2.75) is 25.4 Å². The molecule has 15 heavy (non-hydrogen) atoms. The third-order valence-electron chi connectivity index (χ3n) is 2.64. The average Bonchev–Trinajstić information content (AvgIpc) is 2.71. The van der Waals surface area contributed by atoms with E-state index in [9.17, 15) is 4.79 Å². The van der Waals surface area contributed by atoms with Gasteiger partial charge in [0.2, 0.25) is 0 Å². The van der Waals surface area contributed by atoms with Crippen LogP contribution in [0, 0.1) is 0 Å². The maximum Gasteiger partial charge on any atom is 0.307 e. The Morgan fingerprint density at radius 2 is 2.13 bits per heavy atom. The smallest absolute Gasteiger partial charge is 0.307 e. The maximum absolute atomic E-state index is 10.5. The van der Waals surface area contributed by atoms with Gasteiger partial charge in [0.25, 0.3) is 0 Å². The van der Waals surface area contributed by atoms with E-state index in [2.05, 4.69) is 0 Å². The van der Waals surface area contributed by atoms with Gasteiger partial charge in [-0.25, -0.2) is 0 Å². The van der Waals surface area contributed by atoms with Gasteiger partial charge in [-0.3, -0.25) is 4.79 Å². The summed E-state index contributed by atoms with van der Waals surface area (Å²) in [6.45, 7) is 0.835. The molecule has 3 heteroatoms.